The van der Waals surface area contributed by atoms with E-state index in [9.17, 15) is 18.4 Å². The van der Waals surface area contributed by atoms with Gasteiger partial charge in [0.15, 0.2) is 0 Å². The molecular weight excluding hydrogens is 194 g/mol. The van der Waals surface area contributed by atoms with Crippen LogP contribution in [0.4, 0.5) is 8.78 Å². The summed E-state index contributed by atoms with van der Waals surface area (Å²) in [6.07, 6.45) is -2.73. The Morgan fingerprint density at radius 3 is 2.29 bits per heavy atom. The maximum absolute atomic E-state index is 12.0. The Morgan fingerprint density at radius 1 is 1.36 bits per heavy atom. The summed E-state index contributed by atoms with van der Waals surface area (Å²) in [5, 5.41) is 2.11. The first-order valence-corrected chi connectivity index (χ1v) is 4.34. The standard InChI is InChI=1S/C8H12F2N2O2/c1-5(2-6(9)10)12-3-7(13)11-8(14)4-12/h5-6H,2-4H2,1H3,(H,11,13,14). The Bertz CT molecular complexity index is 229. The smallest absolute Gasteiger partial charge is 0.240 e. The lowest BCUT2D eigenvalue weighted by atomic mass is 10.2. The van der Waals surface area contributed by atoms with Crippen molar-refractivity contribution in [1.82, 2.24) is 10.2 Å². The fraction of sp³-hybridized carbons (Fsp3) is 0.750. The zero-order valence-corrected chi connectivity index (χ0v) is 7.80. The lowest BCUT2D eigenvalue weighted by molar-refractivity contribution is -0.137. The van der Waals surface area contributed by atoms with Crippen LogP contribution in [0.2, 0.25) is 0 Å². The lowest BCUT2D eigenvalue weighted by Gasteiger charge is -2.30. The van der Waals surface area contributed by atoms with Gasteiger partial charge in [-0.3, -0.25) is 19.8 Å². The van der Waals surface area contributed by atoms with Gasteiger partial charge in [-0.25, -0.2) is 8.78 Å². The van der Waals surface area contributed by atoms with Crippen LogP contribution >= 0.6 is 0 Å². The van der Waals surface area contributed by atoms with Gasteiger partial charge >= 0.3 is 0 Å². The molecule has 0 spiro atoms. The molecule has 1 unspecified atom stereocenters. The van der Waals surface area contributed by atoms with Crippen LogP contribution in [0, 0.1) is 0 Å². The lowest BCUT2D eigenvalue weighted by Crippen LogP contribution is -2.54. The molecule has 0 bridgehead atoms. The normalized spacial score (nSPS) is 21.1. The molecule has 0 aromatic rings. The molecule has 1 aliphatic rings. The van der Waals surface area contributed by atoms with Crippen LogP contribution in [0.1, 0.15) is 13.3 Å². The van der Waals surface area contributed by atoms with Crippen LogP contribution in [-0.4, -0.2) is 42.3 Å². The van der Waals surface area contributed by atoms with E-state index in [1.165, 1.54) is 4.90 Å². The first-order chi connectivity index (χ1) is 6.49. The van der Waals surface area contributed by atoms with Gasteiger partial charge in [-0.15, -0.1) is 0 Å². The summed E-state index contributed by atoms with van der Waals surface area (Å²) >= 11 is 0. The van der Waals surface area contributed by atoms with E-state index in [4.69, 9.17) is 0 Å². The number of nitrogens with one attached hydrogen (secondary N) is 1. The van der Waals surface area contributed by atoms with Gasteiger partial charge < -0.3 is 0 Å². The highest BCUT2D eigenvalue weighted by Crippen LogP contribution is 2.11. The molecule has 2 amide bonds. The molecule has 1 aliphatic heterocycles. The van der Waals surface area contributed by atoms with Gasteiger partial charge in [-0.2, -0.15) is 0 Å². The molecule has 4 nitrogen and oxygen atoms in total. The number of hydrogen-bond donors (Lipinski definition) is 1. The SMILES string of the molecule is CC(CC(F)F)N1CC(=O)NC(=O)C1. The predicted octanol–water partition coefficient (Wildman–Crippen LogP) is -0.0115. The number of alkyl halides is 2. The van der Waals surface area contributed by atoms with Crippen LogP contribution in [0.15, 0.2) is 0 Å². The summed E-state index contributed by atoms with van der Waals surface area (Å²) < 4.78 is 24.0. The largest absolute Gasteiger partial charge is 0.294 e. The molecule has 0 aromatic heterocycles. The van der Waals surface area contributed by atoms with Crippen LogP contribution in [0.25, 0.3) is 0 Å². The minimum atomic E-state index is -2.41. The number of carbonyl (C=O) groups excluding carboxylic acids is 2. The van der Waals surface area contributed by atoms with Crippen molar-refractivity contribution in [3.63, 3.8) is 0 Å². The van der Waals surface area contributed by atoms with E-state index < -0.39 is 24.3 Å². The summed E-state index contributed by atoms with van der Waals surface area (Å²) in [5.41, 5.74) is 0. The molecule has 0 radical (unpaired) electrons. The monoisotopic (exact) mass is 206 g/mol. The molecule has 0 aromatic carbocycles. The average Bonchev–Trinajstić information content (AvgIpc) is 2.00. The summed E-state index contributed by atoms with van der Waals surface area (Å²) in [6.45, 7) is 1.61. The Hall–Kier alpha value is -1.04. The molecule has 0 saturated carbocycles. The second-order valence-corrected chi connectivity index (χ2v) is 3.35. The summed E-state index contributed by atoms with van der Waals surface area (Å²) in [6, 6.07) is -0.454. The maximum atomic E-state index is 12.0. The number of nitrogens with zero attached hydrogens (tertiary/aromatic N) is 1. The Labute approximate surface area is 80.3 Å². The molecule has 1 rings (SSSR count). The third-order valence-electron chi connectivity index (χ3n) is 2.11. The van der Waals surface area contributed by atoms with E-state index in [0.717, 1.165) is 0 Å². The Morgan fingerprint density at radius 2 is 1.86 bits per heavy atom. The highest BCUT2D eigenvalue weighted by Gasteiger charge is 2.27. The van der Waals surface area contributed by atoms with Gasteiger partial charge in [0.05, 0.1) is 13.1 Å². The van der Waals surface area contributed by atoms with Crippen molar-refractivity contribution in [2.45, 2.75) is 25.8 Å². The van der Waals surface area contributed by atoms with E-state index in [-0.39, 0.29) is 19.5 Å². The first-order valence-electron chi connectivity index (χ1n) is 4.34. The molecule has 1 saturated heterocycles. The van der Waals surface area contributed by atoms with Crippen molar-refractivity contribution in [2.24, 2.45) is 0 Å². The van der Waals surface area contributed by atoms with E-state index in [1.54, 1.807) is 6.92 Å². The van der Waals surface area contributed by atoms with Gasteiger partial charge in [0.1, 0.15) is 0 Å². The van der Waals surface area contributed by atoms with Crippen molar-refractivity contribution in [3.8, 4) is 0 Å². The highest BCUT2D eigenvalue weighted by molar-refractivity contribution is 5.99. The van der Waals surface area contributed by atoms with Crippen LogP contribution in [-0.2, 0) is 9.59 Å². The van der Waals surface area contributed by atoms with Crippen molar-refractivity contribution in [3.05, 3.63) is 0 Å². The molecule has 0 aliphatic carbocycles. The highest BCUT2D eigenvalue weighted by atomic mass is 19.3. The first kappa shape index (κ1) is 11.0. The number of imide groups is 1. The fourth-order valence-corrected chi connectivity index (χ4v) is 1.38. The molecule has 14 heavy (non-hydrogen) atoms. The number of halogens is 2. The van der Waals surface area contributed by atoms with Gasteiger partial charge in [-0.05, 0) is 6.92 Å². The third kappa shape index (κ3) is 3.02. The van der Waals surface area contributed by atoms with Crippen LogP contribution < -0.4 is 5.32 Å². The average molecular weight is 206 g/mol. The molecule has 6 heteroatoms. The minimum absolute atomic E-state index is 0.0135. The second kappa shape index (κ2) is 4.45. The van der Waals surface area contributed by atoms with E-state index in [0.29, 0.717) is 0 Å². The molecule has 1 N–H and O–H groups in total. The molecule has 80 valence electrons. The topological polar surface area (TPSA) is 49.4 Å². The van der Waals surface area contributed by atoms with Crippen LogP contribution in [0.5, 0.6) is 0 Å². The van der Waals surface area contributed by atoms with E-state index >= 15 is 0 Å². The molecular formula is C8H12F2N2O2. The van der Waals surface area contributed by atoms with Crippen molar-refractivity contribution in [1.29, 1.82) is 0 Å². The van der Waals surface area contributed by atoms with Gasteiger partial charge in [-0.1, -0.05) is 0 Å². The summed E-state index contributed by atoms with van der Waals surface area (Å²) in [5.74, 6) is -0.857. The number of piperazine rings is 1. The van der Waals surface area contributed by atoms with E-state index in [2.05, 4.69) is 5.32 Å². The van der Waals surface area contributed by atoms with Crippen molar-refractivity contribution in [2.75, 3.05) is 13.1 Å². The van der Waals surface area contributed by atoms with E-state index in [1.807, 2.05) is 0 Å². The molecule has 1 heterocycles. The van der Waals surface area contributed by atoms with Crippen molar-refractivity contribution < 1.29 is 18.4 Å². The Balaban J connectivity index is 2.50. The van der Waals surface area contributed by atoms with Gasteiger partial charge in [0, 0.05) is 12.5 Å². The molecule has 1 atom stereocenters. The summed E-state index contributed by atoms with van der Waals surface area (Å²) in [4.78, 5) is 23.3. The maximum Gasteiger partial charge on any atom is 0.240 e. The fourth-order valence-electron chi connectivity index (χ4n) is 1.38. The minimum Gasteiger partial charge on any atom is -0.294 e. The van der Waals surface area contributed by atoms with Crippen LogP contribution in [0.3, 0.4) is 0 Å². The number of carbonyl (C=O) groups is 2. The third-order valence-corrected chi connectivity index (χ3v) is 2.11. The zero-order chi connectivity index (χ0) is 10.7. The second-order valence-electron chi connectivity index (χ2n) is 3.35. The van der Waals surface area contributed by atoms with Gasteiger partial charge in [0.2, 0.25) is 18.2 Å². The number of amides is 2. The quantitative estimate of drug-likeness (QED) is 0.661. The number of hydrogen-bond acceptors (Lipinski definition) is 3. The van der Waals surface area contributed by atoms with Crippen molar-refractivity contribution >= 4 is 11.8 Å². The summed E-state index contributed by atoms with van der Waals surface area (Å²) in [7, 11) is 0. The molecule has 1 fully saturated rings. The van der Waals surface area contributed by atoms with Gasteiger partial charge in [0.25, 0.3) is 0 Å². The number of rotatable bonds is 3. The Kier molecular flexibility index (Phi) is 3.51. The predicted molar refractivity (Wildman–Crippen MR) is 44.8 cm³/mol. The zero-order valence-electron chi connectivity index (χ0n) is 7.80.